The van der Waals surface area contributed by atoms with Gasteiger partial charge < -0.3 is 14.7 Å². The van der Waals surface area contributed by atoms with Crippen molar-refractivity contribution in [1.82, 2.24) is 24.5 Å². The number of hydrogen-bond donors (Lipinski definition) is 0. The van der Waals surface area contributed by atoms with Gasteiger partial charge in [0.1, 0.15) is 5.69 Å². The van der Waals surface area contributed by atoms with Crippen molar-refractivity contribution in [2.45, 2.75) is 45.2 Å². The summed E-state index contributed by atoms with van der Waals surface area (Å²) in [4.78, 5) is 44.6. The first-order valence-electron chi connectivity index (χ1n) is 12.1. The Morgan fingerprint density at radius 2 is 1.61 bits per heavy atom. The topological polar surface area (TPSA) is 78.8 Å². The second-order valence-electron chi connectivity index (χ2n) is 9.30. The van der Waals surface area contributed by atoms with E-state index in [2.05, 4.69) is 5.10 Å². The molecule has 0 bridgehead atoms. The van der Waals surface area contributed by atoms with Crippen LogP contribution >= 0.6 is 0 Å². The molecule has 0 spiro atoms. The van der Waals surface area contributed by atoms with Gasteiger partial charge in [-0.1, -0.05) is 30.3 Å². The van der Waals surface area contributed by atoms with Crippen LogP contribution in [0.15, 0.2) is 36.4 Å². The highest BCUT2D eigenvalue weighted by atomic mass is 16.2. The van der Waals surface area contributed by atoms with Crippen LogP contribution in [0.4, 0.5) is 0 Å². The lowest BCUT2D eigenvalue weighted by Crippen LogP contribution is -2.43. The van der Waals surface area contributed by atoms with Crippen LogP contribution in [0.2, 0.25) is 0 Å². The Kier molecular flexibility index (Phi) is 6.15. The van der Waals surface area contributed by atoms with Gasteiger partial charge in [-0.25, -0.2) is 0 Å². The van der Waals surface area contributed by atoms with Crippen LogP contribution in [0, 0.1) is 5.92 Å². The fourth-order valence-electron chi connectivity index (χ4n) is 5.18. The molecule has 2 saturated heterocycles. The van der Waals surface area contributed by atoms with E-state index in [0.29, 0.717) is 57.0 Å². The summed E-state index contributed by atoms with van der Waals surface area (Å²) in [6.07, 6.45) is 4.37. The zero-order valence-corrected chi connectivity index (χ0v) is 19.0. The summed E-state index contributed by atoms with van der Waals surface area (Å²) < 4.78 is 1.68. The SMILES string of the molecule is O=C(c1cc2n(n1)CCCN(Cc1ccccc1)C2=O)N1CCC(C(=O)N2CCCC2)CC1. The molecule has 0 unspecified atom stereocenters. The Bertz CT molecular complexity index is 1020. The summed E-state index contributed by atoms with van der Waals surface area (Å²) in [5, 5.41) is 4.50. The van der Waals surface area contributed by atoms with Crippen molar-refractivity contribution >= 4 is 17.7 Å². The summed E-state index contributed by atoms with van der Waals surface area (Å²) in [6.45, 7) is 4.68. The van der Waals surface area contributed by atoms with E-state index in [-0.39, 0.29) is 23.6 Å². The first-order valence-corrected chi connectivity index (χ1v) is 12.1. The lowest BCUT2D eigenvalue weighted by Gasteiger charge is -2.32. The highest BCUT2D eigenvalue weighted by Crippen LogP contribution is 2.24. The molecular formula is C25H31N5O3. The monoisotopic (exact) mass is 449 g/mol. The lowest BCUT2D eigenvalue weighted by atomic mass is 9.95. The Morgan fingerprint density at radius 3 is 2.33 bits per heavy atom. The third-order valence-corrected chi connectivity index (χ3v) is 7.07. The zero-order valence-electron chi connectivity index (χ0n) is 19.0. The van der Waals surface area contributed by atoms with Gasteiger partial charge in [0.2, 0.25) is 5.91 Å². The van der Waals surface area contributed by atoms with E-state index in [9.17, 15) is 14.4 Å². The molecule has 3 aliphatic rings. The Hall–Kier alpha value is -3.16. The minimum Gasteiger partial charge on any atom is -0.342 e. The van der Waals surface area contributed by atoms with Gasteiger partial charge in [0.15, 0.2) is 5.69 Å². The molecule has 0 atom stereocenters. The third-order valence-electron chi connectivity index (χ3n) is 7.07. The number of rotatable bonds is 4. The fourth-order valence-corrected chi connectivity index (χ4v) is 5.18. The average molecular weight is 450 g/mol. The predicted octanol–water partition coefficient (Wildman–Crippen LogP) is 2.40. The number of carbonyl (C=O) groups excluding carboxylic acids is 3. The van der Waals surface area contributed by atoms with Crippen LogP contribution in [0.25, 0.3) is 0 Å². The molecule has 1 aromatic carbocycles. The van der Waals surface area contributed by atoms with Crippen LogP contribution in [0.1, 0.15) is 58.6 Å². The molecule has 3 aliphatic heterocycles. The molecule has 2 aromatic rings. The van der Waals surface area contributed by atoms with E-state index in [4.69, 9.17) is 0 Å². The minimum absolute atomic E-state index is 0.0130. The van der Waals surface area contributed by atoms with E-state index >= 15 is 0 Å². The molecule has 0 N–H and O–H groups in total. The van der Waals surface area contributed by atoms with Crippen molar-refractivity contribution < 1.29 is 14.4 Å². The number of nitrogens with zero attached hydrogens (tertiary/aromatic N) is 5. The number of aryl methyl sites for hydroxylation is 1. The van der Waals surface area contributed by atoms with Crippen molar-refractivity contribution in [3.8, 4) is 0 Å². The first kappa shape index (κ1) is 21.7. The number of amides is 3. The molecule has 5 rings (SSSR count). The van der Waals surface area contributed by atoms with Gasteiger partial charge in [-0.3, -0.25) is 19.1 Å². The standard InChI is InChI=1S/C25H31N5O3/c31-23(27-11-4-5-12-27)20-9-15-28(16-10-20)24(32)21-17-22-25(33)29(13-6-14-30(22)26-21)18-19-7-2-1-3-8-19/h1-3,7-8,17,20H,4-6,9-16,18H2. The molecular weight excluding hydrogens is 418 g/mol. The van der Waals surface area contributed by atoms with Crippen LogP contribution in [0.3, 0.4) is 0 Å². The molecule has 174 valence electrons. The van der Waals surface area contributed by atoms with Crippen molar-refractivity contribution in [2.75, 3.05) is 32.7 Å². The van der Waals surface area contributed by atoms with Gasteiger partial charge in [-0.05, 0) is 37.7 Å². The van der Waals surface area contributed by atoms with E-state index < -0.39 is 0 Å². The number of aromatic nitrogens is 2. The summed E-state index contributed by atoms with van der Waals surface area (Å²) >= 11 is 0. The molecule has 8 nitrogen and oxygen atoms in total. The van der Waals surface area contributed by atoms with Gasteiger partial charge in [-0.15, -0.1) is 0 Å². The van der Waals surface area contributed by atoms with Gasteiger partial charge in [-0.2, -0.15) is 5.10 Å². The number of benzene rings is 1. The second-order valence-corrected chi connectivity index (χ2v) is 9.30. The molecule has 0 aliphatic carbocycles. The van der Waals surface area contributed by atoms with E-state index in [1.165, 1.54) is 0 Å². The van der Waals surface area contributed by atoms with Crippen molar-refractivity contribution in [2.24, 2.45) is 5.92 Å². The number of likely N-dealkylation sites (tertiary alicyclic amines) is 2. The van der Waals surface area contributed by atoms with E-state index in [1.807, 2.05) is 40.1 Å². The van der Waals surface area contributed by atoms with Crippen LogP contribution in [-0.4, -0.2) is 74.9 Å². The van der Waals surface area contributed by atoms with Gasteiger partial charge >= 0.3 is 0 Å². The predicted molar refractivity (Wildman–Crippen MR) is 122 cm³/mol. The summed E-state index contributed by atoms with van der Waals surface area (Å²) in [5.74, 6) is 0.0271. The molecule has 0 radical (unpaired) electrons. The number of piperidine rings is 1. The average Bonchev–Trinajstić information content (AvgIpc) is 3.51. The highest BCUT2D eigenvalue weighted by molar-refractivity contribution is 5.98. The van der Waals surface area contributed by atoms with Crippen LogP contribution < -0.4 is 0 Å². The molecule has 33 heavy (non-hydrogen) atoms. The number of carbonyl (C=O) groups is 3. The molecule has 1 aromatic heterocycles. The quantitative estimate of drug-likeness (QED) is 0.718. The maximum Gasteiger partial charge on any atom is 0.274 e. The third kappa shape index (κ3) is 4.51. The molecule has 3 amide bonds. The normalized spacial score (nSPS) is 19.5. The smallest absolute Gasteiger partial charge is 0.274 e. The molecule has 8 heteroatoms. The Labute approximate surface area is 194 Å². The summed E-state index contributed by atoms with van der Waals surface area (Å²) in [5.41, 5.74) is 1.89. The summed E-state index contributed by atoms with van der Waals surface area (Å²) in [6, 6.07) is 11.6. The largest absolute Gasteiger partial charge is 0.342 e. The Balaban J connectivity index is 1.24. The maximum atomic E-state index is 13.2. The fraction of sp³-hybridized carbons (Fsp3) is 0.520. The van der Waals surface area contributed by atoms with Gasteiger partial charge in [0, 0.05) is 57.8 Å². The molecule has 0 saturated carbocycles. The molecule has 2 fully saturated rings. The maximum absolute atomic E-state index is 13.2. The van der Waals surface area contributed by atoms with Crippen molar-refractivity contribution in [1.29, 1.82) is 0 Å². The Morgan fingerprint density at radius 1 is 0.879 bits per heavy atom. The zero-order chi connectivity index (χ0) is 22.8. The second kappa shape index (κ2) is 9.37. The van der Waals surface area contributed by atoms with Gasteiger partial charge in [0.05, 0.1) is 0 Å². The minimum atomic E-state index is -0.148. The van der Waals surface area contributed by atoms with Crippen molar-refractivity contribution in [3.05, 3.63) is 53.3 Å². The molecule has 4 heterocycles. The van der Waals surface area contributed by atoms with E-state index in [1.54, 1.807) is 15.6 Å². The number of fused-ring (bicyclic) bond motifs is 1. The number of hydrogen-bond acceptors (Lipinski definition) is 4. The van der Waals surface area contributed by atoms with Crippen LogP contribution in [-0.2, 0) is 17.9 Å². The van der Waals surface area contributed by atoms with Crippen molar-refractivity contribution in [3.63, 3.8) is 0 Å². The first-order chi connectivity index (χ1) is 16.1. The lowest BCUT2D eigenvalue weighted by molar-refractivity contribution is -0.135. The van der Waals surface area contributed by atoms with E-state index in [0.717, 1.165) is 37.9 Å². The highest BCUT2D eigenvalue weighted by Gasteiger charge is 2.33. The van der Waals surface area contributed by atoms with Crippen LogP contribution in [0.5, 0.6) is 0 Å². The summed E-state index contributed by atoms with van der Waals surface area (Å²) in [7, 11) is 0. The van der Waals surface area contributed by atoms with Gasteiger partial charge in [0.25, 0.3) is 11.8 Å².